The van der Waals surface area contributed by atoms with E-state index in [4.69, 9.17) is 4.74 Å². The molecule has 0 aromatic carbocycles. The molecule has 0 aromatic heterocycles. The fourth-order valence-corrected chi connectivity index (χ4v) is 0.950. The molecule has 1 amide bonds. The first-order valence-corrected chi connectivity index (χ1v) is 3.31. The third-order valence-electron chi connectivity index (χ3n) is 1.31. The molecule has 1 aliphatic rings. The van der Waals surface area contributed by atoms with Gasteiger partial charge in [0.1, 0.15) is 0 Å². The van der Waals surface area contributed by atoms with Crippen molar-refractivity contribution in [1.29, 1.82) is 0 Å². The van der Waals surface area contributed by atoms with Gasteiger partial charge in [-0.2, -0.15) is 0 Å². The average Bonchev–Trinajstić information content (AvgIpc) is 2.13. The van der Waals surface area contributed by atoms with Gasteiger partial charge in [-0.3, -0.25) is 4.31 Å². The van der Waals surface area contributed by atoms with Crippen LogP contribution in [0.3, 0.4) is 0 Å². The van der Waals surface area contributed by atoms with Crippen molar-refractivity contribution < 1.29 is 9.53 Å². The lowest BCUT2D eigenvalue weighted by atomic mass is 9.75. The third-order valence-corrected chi connectivity index (χ3v) is 1.64. The molecular weight excluding hydrogens is 137 g/mol. The highest BCUT2D eigenvalue weighted by Gasteiger charge is 2.27. The van der Waals surface area contributed by atoms with Gasteiger partial charge in [0.05, 0.1) is 12.5 Å². The maximum absolute atomic E-state index is 10.6. The molecule has 1 aliphatic heterocycles. The van der Waals surface area contributed by atoms with Crippen molar-refractivity contribution in [2.75, 3.05) is 6.54 Å². The van der Waals surface area contributed by atoms with Gasteiger partial charge in [-0.05, 0) is 0 Å². The second-order valence-electron chi connectivity index (χ2n) is 2.00. The molecule has 1 saturated heterocycles. The fourth-order valence-electron chi connectivity index (χ4n) is 0.721. The van der Waals surface area contributed by atoms with Crippen molar-refractivity contribution in [3.63, 3.8) is 0 Å². The van der Waals surface area contributed by atoms with Gasteiger partial charge in [-0.25, -0.2) is 4.79 Å². The molecule has 0 N–H and O–H groups in total. The van der Waals surface area contributed by atoms with Gasteiger partial charge in [0.25, 0.3) is 0 Å². The minimum Gasteiger partial charge on any atom is -0.453 e. The molecule has 0 radical (unpaired) electrons. The zero-order valence-electron chi connectivity index (χ0n) is 5.20. The Morgan fingerprint density at radius 1 is 2.00 bits per heavy atom. The smallest absolute Gasteiger partial charge is 0.419 e. The highest BCUT2D eigenvalue weighted by Crippen LogP contribution is 2.11. The van der Waals surface area contributed by atoms with Crippen molar-refractivity contribution in [1.82, 2.24) is 4.31 Å². The molecule has 1 fully saturated rings. The van der Waals surface area contributed by atoms with Crippen LogP contribution >= 0.6 is 12.8 Å². The van der Waals surface area contributed by atoms with E-state index in [1.54, 1.807) is 0 Å². The topological polar surface area (TPSA) is 29.5 Å². The number of ether oxygens (including phenoxy) is 1. The predicted molar refractivity (Wildman–Crippen MR) is 39.0 cm³/mol. The van der Waals surface area contributed by atoms with E-state index in [1.165, 1.54) is 4.31 Å². The number of cyclic esters (lactones) is 1. The number of amides is 1. The van der Waals surface area contributed by atoms with Crippen molar-refractivity contribution >= 4 is 26.2 Å². The van der Waals surface area contributed by atoms with E-state index in [9.17, 15) is 4.79 Å². The number of hydrogen-bond acceptors (Lipinski definition) is 3. The largest absolute Gasteiger partial charge is 0.453 e. The summed E-state index contributed by atoms with van der Waals surface area (Å²) in [6.07, 6.45) is -0.329. The first-order valence-electron chi connectivity index (χ1n) is 2.91. The van der Waals surface area contributed by atoms with Gasteiger partial charge in [0.2, 0.25) is 0 Å². The Labute approximate surface area is 60.1 Å². The standard InChI is InChI=1S/C4H8BNO2S/c1-5-3-2-6(9)4(7)8-3/h3,5,9H,2H2,1H3. The zero-order valence-corrected chi connectivity index (χ0v) is 6.10. The van der Waals surface area contributed by atoms with Crippen LogP contribution in [0, 0.1) is 0 Å². The Morgan fingerprint density at radius 2 is 2.67 bits per heavy atom. The van der Waals surface area contributed by atoms with E-state index in [-0.39, 0.29) is 12.1 Å². The number of carbonyl (C=O) groups is 1. The summed E-state index contributed by atoms with van der Waals surface area (Å²) in [4.78, 5) is 10.6. The lowest BCUT2D eigenvalue weighted by molar-refractivity contribution is 0.161. The molecule has 0 aliphatic carbocycles. The monoisotopic (exact) mass is 145 g/mol. The Hall–Kier alpha value is -0.315. The summed E-state index contributed by atoms with van der Waals surface area (Å²) in [5.41, 5.74) is 0. The van der Waals surface area contributed by atoms with Crippen LogP contribution in [0.4, 0.5) is 4.79 Å². The van der Waals surface area contributed by atoms with Crippen LogP contribution in [0.15, 0.2) is 0 Å². The molecule has 1 heterocycles. The summed E-state index contributed by atoms with van der Waals surface area (Å²) in [5, 5.41) is 0. The van der Waals surface area contributed by atoms with E-state index in [0.717, 1.165) is 7.28 Å². The molecule has 1 atom stereocenters. The minimum absolute atomic E-state index is 0.0509. The maximum Gasteiger partial charge on any atom is 0.419 e. The van der Waals surface area contributed by atoms with E-state index >= 15 is 0 Å². The Bertz CT molecular complexity index is 132. The number of carbonyl (C=O) groups excluding carboxylic acids is 1. The van der Waals surface area contributed by atoms with Gasteiger partial charge in [0.15, 0.2) is 7.28 Å². The summed E-state index contributed by atoms with van der Waals surface area (Å²) in [7, 11) is 0.864. The minimum atomic E-state index is -0.329. The van der Waals surface area contributed by atoms with Crippen LogP contribution in [0.5, 0.6) is 0 Å². The fraction of sp³-hybridized carbons (Fsp3) is 0.750. The van der Waals surface area contributed by atoms with Crippen molar-refractivity contribution in [3.05, 3.63) is 0 Å². The predicted octanol–water partition coefficient (Wildman–Crippen LogP) is 0.0941. The molecule has 3 nitrogen and oxygen atoms in total. The zero-order chi connectivity index (χ0) is 6.85. The van der Waals surface area contributed by atoms with Gasteiger partial charge >= 0.3 is 6.09 Å². The summed E-state index contributed by atoms with van der Waals surface area (Å²) >= 11 is 3.86. The molecule has 1 unspecified atom stereocenters. The van der Waals surface area contributed by atoms with Gasteiger partial charge in [-0.1, -0.05) is 19.6 Å². The quantitative estimate of drug-likeness (QED) is 0.418. The molecule has 5 heteroatoms. The van der Waals surface area contributed by atoms with E-state index in [0.29, 0.717) is 6.54 Å². The van der Waals surface area contributed by atoms with E-state index in [2.05, 4.69) is 12.8 Å². The van der Waals surface area contributed by atoms with E-state index < -0.39 is 0 Å². The van der Waals surface area contributed by atoms with Gasteiger partial charge < -0.3 is 4.74 Å². The lowest BCUT2D eigenvalue weighted by Crippen LogP contribution is -2.17. The number of rotatable bonds is 1. The van der Waals surface area contributed by atoms with Crippen LogP contribution in [0.25, 0.3) is 0 Å². The molecule has 0 spiro atoms. The summed E-state index contributed by atoms with van der Waals surface area (Å²) in [6, 6.07) is 0.0509. The Balaban J connectivity index is 2.44. The first-order chi connectivity index (χ1) is 4.24. The highest BCUT2D eigenvalue weighted by atomic mass is 32.1. The molecule has 0 aromatic rings. The lowest BCUT2D eigenvalue weighted by Gasteiger charge is -1.99. The van der Waals surface area contributed by atoms with Crippen molar-refractivity contribution in [2.24, 2.45) is 0 Å². The molecule has 0 saturated carbocycles. The second kappa shape index (κ2) is 2.52. The average molecular weight is 145 g/mol. The van der Waals surface area contributed by atoms with Crippen LogP contribution in [-0.4, -0.2) is 30.2 Å². The van der Waals surface area contributed by atoms with Gasteiger partial charge in [-0.15, -0.1) is 0 Å². The maximum atomic E-state index is 10.6. The second-order valence-corrected chi connectivity index (χ2v) is 2.48. The SMILES string of the molecule is CBC1CN(S)C(=O)O1. The van der Waals surface area contributed by atoms with Crippen LogP contribution in [0.2, 0.25) is 6.82 Å². The number of hydrogen-bond donors (Lipinski definition) is 1. The summed E-state index contributed by atoms with van der Waals surface area (Å²) in [5.74, 6) is 0. The Kier molecular flexibility index (Phi) is 1.90. The summed E-state index contributed by atoms with van der Waals surface area (Å²) in [6.45, 7) is 2.59. The third kappa shape index (κ3) is 1.33. The highest BCUT2D eigenvalue weighted by molar-refractivity contribution is 7.78. The molecule has 50 valence electrons. The molecule has 9 heavy (non-hydrogen) atoms. The van der Waals surface area contributed by atoms with Crippen LogP contribution in [-0.2, 0) is 4.74 Å². The first kappa shape index (κ1) is 6.80. The van der Waals surface area contributed by atoms with E-state index in [1.807, 2.05) is 6.82 Å². The number of nitrogens with zero attached hydrogens (tertiary/aromatic N) is 1. The Morgan fingerprint density at radius 3 is 2.89 bits per heavy atom. The number of thiol groups is 1. The summed E-state index contributed by atoms with van der Waals surface area (Å²) < 4.78 is 6.12. The normalized spacial score (nSPS) is 26.2. The van der Waals surface area contributed by atoms with Crippen LogP contribution < -0.4 is 0 Å². The van der Waals surface area contributed by atoms with Gasteiger partial charge in [0, 0.05) is 0 Å². The van der Waals surface area contributed by atoms with Crippen molar-refractivity contribution in [3.8, 4) is 0 Å². The molecule has 1 rings (SSSR count). The van der Waals surface area contributed by atoms with Crippen LogP contribution in [0.1, 0.15) is 0 Å². The molecular formula is C4H8BNO2S. The van der Waals surface area contributed by atoms with Crippen molar-refractivity contribution in [2.45, 2.75) is 12.8 Å². The molecule has 0 bridgehead atoms.